The Labute approximate surface area is 102 Å². The highest BCUT2D eigenvalue weighted by atomic mass is 15.1. The van der Waals surface area contributed by atoms with Crippen molar-refractivity contribution in [2.75, 3.05) is 26.2 Å². The average molecular weight is 226 g/mol. The van der Waals surface area contributed by atoms with E-state index < -0.39 is 0 Å². The molecule has 0 aromatic heterocycles. The highest BCUT2D eigenvalue weighted by Gasteiger charge is 2.07. The summed E-state index contributed by atoms with van der Waals surface area (Å²) in [4.78, 5) is 2.51. The van der Waals surface area contributed by atoms with Crippen molar-refractivity contribution in [3.8, 4) is 0 Å². The van der Waals surface area contributed by atoms with Gasteiger partial charge in [0, 0.05) is 6.54 Å². The Morgan fingerprint density at radius 2 is 2.00 bits per heavy atom. The van der Waals surface area contributed by atoms with Crippen LogP contribution in [0, 0.1) is 5.92 Å². The summed E-state index contributed by atoms with van der Waals surface area (Å²) in [5.74, 6) is 0.791. The molecule has 0 saturated carbocycles. The van der Waals surface area contributed by atoms with Crippen molar-refractivity contribution in [2.24, 2.45) is 11.7 Å². The number of hydrogen-bond donors (Lipinski definition) is 1. The van der Waals surface area contributed by atoms with Crippen molar-refractivity contribution in [1.29, 1.82) is 0 Å². The lowest BCUT2D eigenvalue weighted by Crippen LogP contribution is -2.30. The minimum Gasteiger partial charge on any atom is -0.330 e. The lowest BCUT2D eigenvalue weighted by molar-refractivity contribution is 0.242. The fourth-order valence-electron chi connectivity index (χ4n) is 1.89. The first-order valence-electron chi connectivity index (χ1n) is 6.81. The van der Waals surface area contributed by atoms with Crippen molar-refractivity contribution in [1.82, 2.24) is 4.90 Å². The van der Waals surface area contributed by atoms with Crippen molar-refractivity contribution in [3.05, 3.63) is 12.2 Å². The van der Waals surface area contributed by atoms with Gasteiger partial charge in [0.2, 0.25) is 0 Å². The second kappa shape index (κ2) is 11.2. The van der Waals surface area contributed by atoms with E-state index in [0.717, 1.165) is 38.4 Å². The lowest BCUT2D eigenvalue weighted by atomic mass is 10.0. The molecule has 0 aliphatic carbocycles. The van der Waals surface area contributed by atoms with Crippen LogP contribution in [0.5, 0.6) is 0 Å². The molecular formula is C14H30N2. The van der Waals surface area contributed by atoms with Gasteiger partial charge in [-0.15, -0.1) is 0 Å². The second-order valence-corrected chi connectivity index (χ2v) is 4.60. The topological polar surface area (TPSA) is 29.3 Å². The molecule has 0 radical (unpaired) electrons. The van der Waals surface area contributed by atoms with Gasteiger partial charge in [-0.1, -0.05) is 32.9 Å². The fourth-order valence-corrected chi connectivity index (χ4v) is 1.89. The van der Waals surface area contributed by atoms with Gasteiger partial charge in [0.15, 0.2) is 0 Å². The standard InChI is InChI=1S/C14H30N2/c1-4-6-7-8-10-14(3)13-16(5-2)12-9-11-15/h6-7,14H,4-5,8-13,15H2,1-3H3/b7-6-/t14-/m1/s1. The highest BCUT2D eigenvalue weighted by Crippen LogP contribution is 2.09. The van der Waals surface area contributed by atoms with Crippen LogP contribution in [0.3, 0.4) is 0 Å². The van der Waals surface area contributed by atoms with Crippen LogP contribution in [0.25, 0.3) is 0 Å². The zero-order chi connectivity index (χ0) is 12.2. The van der Waals surface area contributed by atoms with Crippen LogP contribution in [-0.4, -0.2) is 31.1 Å². The van der Waals surface area contributed by atoms with E-state index >= 15 is 0 Å². The summed E-state index contributed by atoms with van der Waals surface area (Å²) in [5.41, 5.74) is 5.54. The van der Waals surface area contributed by atoms with E-state index in [4.69, 9.17) is 5.73 Å². The molecule has 96 valence electrons. The van der Waals surface area contributed by atoms with Gasteiger partial charge in [-0.05, 0) is 51.2 Å². The number of nitrogens with two attached hydrogens (primary N) is 1. The molecule has 0 unspecified atom stereocenters. The molecule has 1 atom stereocenters. The summed E-state index contributed by atoms with van der Waals surface area (Å²) >= 11 is 0. The van der Waals surface area contributed by atoms with Crippen LogP contribution in [0.4, 0.5) is 0 Å². The SMILES string of the molecule is CC/C=C\CC[C@@H](C)CN(CC)CCCN. The third-order valence-corrected chi connectivity index (χ3v) is 2.92. The average Bonchev–Trinajstić information content (AvgIpc) is 2.30. The Balaban J connectivity index is 3.64. The van der Waals surface area contributed by atoms with Gasteiger partial charge in [0.25, 0.3) is 0 Å². The van der Waals surface area contributed by atoms with E-state index in [1.807, 2.05) is 0 Å². The van der Waals surface area contributed by atoms with Gasteiger partial charge >= 0.3 is 0 Å². The maximum Gasteiger partial charge on any atom is 0.000702 e. The molecule has 0 bridgehead atoms. The molecule has 0 heterocycles. The first-order chi connectivity index (χ1) is 7.74. The minimum atomic E-state index is 0.791. The Hall–Kier alpha value is -0.340. The van der Waals surface area contributed by atoms with Gasteiger partial charge in [-0.3, -0.25) is 0 Å². The van der Waals surface area contributed by atoms with Crippen LogP contribution >= 0.6 is 0 Å². The van der Waals surface area contributed by atoms with Gasteiger partial charge < -0.3 is 10.6 Å². The van der Waals surface area contributed by atoms with E-state index in [2.05, 4.69) is 37.8 Å². The molecular weight excluding hydrogens is 196 g/mol. The molecule has 0 rings (SSSR count). The summed E-state index contributed by atoms with van der Waals surface area (Å²) in [5, 5.41) is 0. The molecule has 2 N–H and O–H groups in total. The van der Waals surface area contributed by atoms with Gasteiger partial charge in [0.1, 0.15) is 0 Å². The maximum absolute atomic E-state index is 5.54. The fraction of sp³-hybridized carbons (Fsp3) is 0.857. The van der Waals surface area contributed by atoms with Crippen LogP contribution in [0.1, 0.15) is 46.5 Å². The first-order valence-corrected chi connectivity index (χ1v) is 6.81. The van der Waals surface area contributed by atoms with E-state index in [0.29, 0.717) is 0 Å². The monoisotopic (exact) mass is 226 g/mol. The van der Waals surface area contributed by atoms with Crippen molar-refractivity contribution >= 4 is 0 Å². The molecule has 0 fully saturated rings. The summed E-state index contributed by atoms with van der Waals surface area (Å²) in [6.45, 7) is 11.1. The van der Waals surface area contributed by atoms with Crippen molar-refractivity contribution in [2.45, 2.75) is 46.5 Å². The maximum atomic E-state index is 5.54. The zero-order valence-electron chi connectivity index (χ0n) is 11.4. The van der Waals surface area contributed by atoms with E-state index in [1.165, 1.54) is 19.4 Å². The van der Waals surface area contributed by atoms with Gasteiger partial charge in [-0.2, -0.15) is 0 Å². The Kier molecular flexibility index (Phi) is 10.9. The largest absolute Gasteiger partial charge is 0.330 e. The van der Waals surface area contributed by atoms with Crippen molar-refractivity contribution in [3.63, 3.8) is 0 Å². The van der Waals surface area contributed by atoms with Crippen LogP contribution in [0.2, 0.25) is 0 Å². The van der Waals surface area contributed by atoms with Crippen LogP contribution in [-0.2, 0) is 0 Å². The second-order valence-electron chi connectivity index (χ2n) is 4.60. The molecule has 2 nitrogen and oxygen atoms in total. The first kappa shape index (κ1) is 15.7. The van der Waals surface area contributed by atoms with E-state index in [-0.39, 0.29) is 0 Å². The summed E-state index contributed by atoms with van der Waals surface area (Å²) in [6.07, 6.45) is 9.38. The number of rotatable bonds is 10. The molecule has 0 aromatic rings. The van der Waals surface area contributed by atoms with Gasteiger partial charge in [-0.25, -0.2) is 0 Å². The quantitative estimate of drug-likeness (QED) is 0.580. The van der Waals surface area contributed by atoms with Gasteiger partial charge in [0.05, 0.1) is 0 Å². The lowest BCUT2D eigenvalue weighted by Gasteiger charge is -2.23. The highest BCUT2D eigenvalue weighted by molar-refractivity contribution is 4.80. The molecule has 16 heavy (non-hydrogen) atoms. The van der Waals surface area contributed by atoms with E-state index in [9.17, 15) is 0 Å². The Morgan fingerprint density at radius 1 is 1.25 bits per heavy atom. The number of hydrogen-bond acceptors (Lipinski definition) is 2. The third-order valence-electron chi connectivity index (χ3n) is 2.92. The Morgan fingerprint density at radius 3 is 2.56 bits per heavy atom. The number of allylic oxidation sites excluding steroid dienone is 2. The molecule has 0 amide bonds. The smallest absolute Gasteiger partial charge is 0.000702 e. The van der Waals surface area contributed by atoms with E-state index in [1.54, 1.807) is 0 Å². The molecule has 0 spiro atoms. The van der Waals surface area contributed by atoms with Crippen LogP contribution < -0.4 is 5.73 Å². The summed E-state index contributed by atoms with van der Waals surface area (Å²) in [6, 6.07) is 0. The molecule has 0 aliphatic rings. The zero-order valence-corrected chi connectivity index (χ0v) is 11.4. The number of nitrogens with zero attached hydrogens (tertiary/aromatic N) is 1. The predicted molar refractivity (Wildman–Crippen MR) is 73.6 cm³/mol. The normalized spacial score (nSPS) is 13.8. The molecule has 0 aliphatic heterocycles. The predicted octanol–water partition coefficient (Wildman–Crippen LogP) is 3.04. The molecule has 0 saturated heterocycles. The van der Waals surface area contributed by atoms with Crippen molar-refractivity contribution < 1.29 is 0 Å². The van der Waals surface area contributed by atoms with Crippen LogP contribution in [0.15, 0.2) is 12.2 Å². The minimum absolute atomic E-state index is 0.791. The summed E-state index contributed by atoms with van der Waals surface area (Å²) < 4.78 is 0. The summed E-state index contributed by atoms with van der Waals surface area (Å²) in [7, 11) is 0. The molecule has 2 heteroatoms. The third kappa shape index (κ3) is 8.93. The molecule has 0 aromatic carbocycles. The Bertz CT molecular complexity index is 166.